The third kappa shape index (κ3) is 3.50. The van der Waals surface area contributed by atoms with Gasteiger partial charge in [-0.15, -0.1) is 10.2 Å². The molecule has 112 valence electrons. The highest BCUT2D eigenvalue weighted by molar-refractivity contribution is 5.23. The Balaban J connectivity index is 1.75. The first-order chi connectivity index (χ1) is 10.4. The van der Waals surface area contributed by atoms with Crippen molar-refractivity contribution in [3.05, 3.63) is 47.7 Å². The fourth-order valence-electron chi connectivity index (χ4n) is 2.69. The molecule has 1 unspecified atom stereocenters. The van der Waals surface area contributed by atoms with Crippen molar-refractivity contribution in [2.24, 2.45) is 5.92 Å². The summed E-state index contributed by atoms with van der Waals surface area (Å²) in [5, 5.41) is 12.0. The van der Waals surface area contributed by atoms with Gasteiger partial charge in [-0.2, -0.15) is 0 Å². The van der Waals surface area contributed by atoms with Gasteiger partial charge in [-0.25, -0.2) is 0 Å². The minimum absolute atomic E-state index is 0.00575. The summed E-state index contributed by atoms with van der Waals surface area (Å²) in [6, 6.07) is 10.3. The monoisotopic (exact) mass is 285 g/mol. The average molecular weight is 285 g/mol. The number of nitrogens with one attached hydrogen (secondary N) is 1. The Labute approximate surface area is 126 Å². The van der Waals surface area contributed by atoms with Gasteiger partial charge in [0.2, 0.25) is 11.8 Å². The lowest BCUT2D eigenvalue weighted by atomic mass is 9.83. The van der Waals surface area contributed by atoms with E-state index >= 15 is 0 Å². The van der Waals surface area contributed by atoms with Gasteiger partial charge < -0.3 is 9.73 Å². The molecular weight excluding hydrogens is 262 g/mol. The molecule has 1 aliphatic rings. The fourth-order valence-corrected chi connectivity index (χ4v) is 2.69. The van der Waals surface area contributed by atoms with Crippen LogP contribution in [-0.4, -0.2) is 16.7 Å². The van der Waals surface area contributed by atoms with Crippen LogP contribution in [0.2, 0.25) is 0 Å². The Morgan fingerprint density at radius 1 is 1.24 bits per heavy atom. The smallest absolute Gasteiger partial charge is 0.237 e. The maximum Gasteiger partial charge on any atom is 0.237 e. The van der Waals surface area contributed by atoms with Gasteiger partial charge >= 0.3 is 0 Å². The highest BCUT2D eigenvalue weighted by atomic mass is 16.4. The first kappa shape index (κ1) is 14.3. The molecule has 1 aliphatic carbocycles. The summed E-state index contributed by atoms with van der Waals surface area (Å²) in [6.45, 7) is 3.09. The Morgan fingerprint density at radius 3 is 2.71 bits per heavy atom. The second-order valence-electron chi connectivity index (χ2n) is 5.83. The number of aromatic nitrogens is 2. The number of rotatable bonds is 7. The second kappa shape index (κ2) is 6.85. The van der Waals surface area contributed by atoms with Crippen LogP contribution in [0, 0.1) is 5.92 Å². The first-order valence-corrected chi connectivity index (χ1v) is 7.97. The molecule has 21 heavy (non-hydrogen) atoms. The van der Waals surface area contributed by atoms with Crippen LogP contribution in [0.1, 0.15) is 56.0 Å². The van der Waals surface area contributed by atoms with E-state index in [0.717, 1.165) is 31.2 Å². The predicted molar refractivity (Wildman–Crippen MR) is 81.9 cm³/mol. The Bertz CT molecular complexity index is 548. The number of hydrogen-bond donors (Lipinski definition) is 1. The van der Waals surface area contributed by atoms with E-state index in [4.69, 9.17) is 4.42 Å². The molecule has 0 amide bonds. The topological polar surface area (TPSA) is 51.0 Å². The number of benzene rings is 1. The molecule has 0 radical (unpaired) electrons. The third-order valence-corrected chi connectivity index (χ3v) is 4.15. The van der Waals surface area contributed by atoms with E-state index in [-0.39, 0.29) is 6.04 Å². The van der Waals surface area contributed by atoms with Crippen LogP contribution >= 0.6 is 0 Å². The molecule has 1 aromatic carbocycles. The Morgan fingerprint density at radius 2 is 2.05 bits per heavy atom. The van der Waals surface area contributed by atoms with Crippen molar-refractivity contribution in [3.8, 4) is 0 Å². The van der Waals surface area contributed by atoms with Crippen molar-refractivity contribution in [2.45, 2.75) is 45.1 Å². The lowest BCUT2D eigenvalue weighted by molar-refractivity contribution is 0.284. The zero-order chi connectivity index (χ0) is 14.5. The van der Waals surface area contributed by atoms with E-state index in [1.54, 1.807) is 0 Å². The molecule has 2 aromatic rings. The van der Waals surface area contributed by atoms with Crippen LogP contribution < -0.4 is 5.32 Å². The second-order valence-corrected chi connectivity index (χ2v) is 5.83. The van der Waals surface area contributed by atoms with Crippen LogP contribution in [0.15, 0.2) is 34.7 Å². The summed E-state index contributed by atoms with van der Waals surface area (Å²) < 4.78 is 5.92. The van der Waals surface area contributed by atoms with E-state index in [2.05, 4.69) is 34.6 Å². The summed E-state index contributed by atoms with van der Waals surface area (Å²) in [4.78, 5) is 0. The summed E-state index contributed by atoms with van der Waals surface area (Å²) in [5.41, 5.74) is 1.17. The van der Waals surface area contributed by atoms with Gasteiger partial charge in [0.15, 0.2) is 0 Å². The van der Waals surface area contributed by atoms with E-state index in [9.17, 15) is 0 Å². The first-order valence-electron chi connectivity index (χ1n) is 7.97. The summed E-state index contributed by atoms with van der Waals surface area (Å²) >= 11 is 0. The SMILES string of the molecule is CCCNC(c1ccccc1)c1nnc(CC2CCC2)o1. The summed E-state index contributed by atoms with van der Waals surface area (Å²) in [7, 11) is 0. The molecule has 3 rings (SSSR count). The van der Waals surface area contributed by atoms with Gasteiger partial charge in [0, 0.05) is 6.42 Å². The van der Waals surface area contributed by atoms with Crippen molar-refractivity contribution in [1.29, 1.82) is 0 Å². The highest BCUT2D eigenvalue weighted by Gasteiger charge is 2.23. The standard InChI is InChI=1S/C17H23N3O/c1-2-11-18-16(14-9-4-3-5-10-14)17-20-19-15(21-17)12-13-7-6-8-13/h3-5,9-10,13,16,18H,2,6-8,11-12H2,1H3. The molecule has 0 bridgehead atoms. The van der Waals surface area contributed by atoms with Crippen molar-refractivity contribution in [2.75, 3.05) is 6.54 Å². The molecule has 1 aromatic heterocycles. The molecule has 1 saturated carbocycles. The molecule has 0 saturated heterocycles. The predicted octanol–water partition coefficient (Wildman–Crippen LogP) is 3.50. The fraction of sp³-hybridized carbons (Fsp3) is 0.529. The molecule has 4 nitrogen and oxygen atoms in total. The molecule has 4 heteroatoms. The van der Waals surface area contributed by atoms with Crippen LogP contribution in [-0.2, 0) is 6.42 Å². The molecule has 1 heterocycles. The van der Waals surface area contributed by atoms with Gasteiger partial charge in [0.25, 0.3) is 0 Å². The minimum Gasteiger partial charge on any atom is -0.423 e. The largest absolute Gasteiger partial charge is 0.423 e. The quantitative estimate of drug-likeness (QED) is 0.846. The van der Waals surface area contributed by atoms with Gasteiger partial charge in [-0.3, -0.25) is 0 Å². The zero-order valence-corrected chi connectivity index (χ0v) is 12.6. The number of hydrogen-bond acceptors (Lipinski definition) is 4. The molecular formula is C17H23N3O. The van der Waals surface area contributed by atoms with E-state index < -0.39 is 0 Å². The van der Waals surface area contributed by atoms with Crippen molar-refractivity contribution in [3.63, 3.8) is 0 Å². The Hall–Kier alpha value is -1.68. The van der Waals surface area contributed by atoms with Gasteiger partial charge in [-0.1, -0.05) is 43.7 Å². The maximum absolute atomic E-state index is 5.92. The lowest BCUT2D eigenvalue weighted by Crippen LogP contribution is -2.23. The minimum atomic E-state index is -0.00575. The van der Waals surface area contributed by atoms with Gasteiger partial charge in [-0.05, 0) is 37.3 Å². The van der Waals surface area contributed by atoms with Crippen LogP contribution in [0.3, 0.4) is 0 Å². The molecule has 1 atom stereocenters. The van der Waals surface area contributed by atoms with E-state index in [0.29, 0.717) is 5.89 Å². The summed E-state index contributed by atoms with van der Waals surface area (Å²) in [6.07, 6.45) is 5.95. The van der Waals surface area contributed by atoms with Crippen molar-refractivity contribution in [1.82, 2.24) is 15.5 Å². The molecule has 0 aliphatic heterocycles. The van der Waals surface area contributed by atoms with Gasteiger partial charge in [0.1, 0.15) is 6.04 Å². The van der Waals surface area contributed by atoms with Crippen LogP contribution in [0.25, 0.3) is 0 Å². The van der Waals surface area contributed by atoms with Crippen LogP contribution in [0.5, 0.6) is 0 Å². The average Bonchev–Trinajstić information content (AvgIpc) is 2.93. The van der Waals surface area contributed by atoms with Crippen molar-refractivity contribution >= 4 is 0 Å². The van der Waals surface area contributed by atoms with Gasteiger partial charge in [0.05, 0.1) is 0 Å². The van der Waals surface area contributed by atoms with E-state index in [1.807, 2.05) is 18.2 Å². The molecule has 1 N–H and O–H groups in total. The maximum atomic E-state index is 5.92. The molecule has 0 spiro atoms. The number of nitrogens with zero attached hydrogens (tertiary/aromatic N) is 2. The molecule has 1 fully saturated rings. The Kier molecular flexibility index (Phi) is 4.65. The van der Waals surface area contributed by atoms with Crippen molar-refractivity contribution < 1.29 is 4.42 Å². The lowest BCUT2D eigenvalue weighted by Gasteiger charge is -2.23. The third-order valence-electron chi connectivity index (χ3n) is 4.15. The summed E-state index contributed by atoms with van der Waals surface area (Å²) in [5.74, 6) is 2.22. The normalized spacial score (nSPS) is 16.6. The highest BCUT2D eigenvalue weighted by Crippen LogP contribution is 2.30. The van der Waals surface area contributed by atoms with E-state index in [1.165, 1.54) is 24.8 Å². The van der Waals surface area contributed by atoms with Crippen LogP contribution in [0.4, 0.5) is 0 Å². The zero-order valence-electron chi connectivity index (χ0n) is 12.6.